The normalized spacial score (nSPS) is 17.7. The summed E-state index contributed by atoms with van der Waals surface area (Å²) in [6, 6.07) is 17.8. The predicted molar refractivity (Wildman–Crippen MR) is 128 cm³/mol. The molecule has 2 aromatic heterocycles. The SMILES string of the molecule is C=CC(O)N1CCCC[C@H]1Cn1nc(-c2ccc(Oc3ccccc3)cc2)c2cncnc21. The molecule has 1 saturated heterocycles. The fourth-order valence-electron chi connectivity index (χ4n) is 4.47. The Labute approximate surface area is 193 Å². The van der Waals surface area contributed by atoms with Gasteiger partial charge in [0.2, 0.25) is 0 Å². The Balaban J connectivity index is 1.43. The highest BCUT2D eigenvalue weighted by Gasteiger charge is 2.28. The van der Waals surface area contributed by atoms with Crippen molar-refractivity contribution in [2.45, 2.75) is 38.1 Å². The number of para-hydroxylation sites is 1. The maximum Gasteiger partial charge on any atom is 0.161 e. The van der Waals surface area contributed by atoms with Gasteiger partial charge in [-0.3, -0.25) is 4.90 Å². The molecule has 3 heterocycles. The van der Waals surface area contributed by atoms with Gasteiger partial charge < -0.3 is 9.84 Å². The van der Waals surface area contributed by atoms with Gasteiger partial charge in [0.05, 0.1) is 11.9 Å². The summed E-state index contributed by atoms with van der Waals surface area (Å²) >= 11 is 0. The summed E-state index contributed by atoms with van der Waals surface area (Å²) in [6.45, 7) is 5.25. The average Bonchev–Trinajstić information content (AvgIpc) is 3.23. The zero-order valence-electron chi connectivity index (χ0n) is 18.4. The van der Waals surface area contributed by atoms with Crippen LogP contribution in [0.15, 0.2) is 79.8 Å². The van der Waals surface area contributed by atoms with Crippen LogP contribution in [0.1, 0.15) is 19.3 Å². The molecule has 5 rings (SSSR count). The Kier molecular flexibility index (Phi) is 6.15. The predicted octanol–water partition coefficient (Wildman–Crippen LogP) is 4.64. The molecule has 0 spiro atoms. The maximum atomic E-state index is 10.4. The van der Waals surface area contributed by atoms with Crippen molar-refractivity contribution in [3.8, 4) is 22.8 Å². The minimum absolute atomic E-state index is 0.166. The van der Waals surface area contributed by atoms with Gasteiger partial charge >= 0.3 is 0 Å². The molecule has 1 N–H and O–H groups in total. The van der Waals surface area contributed by atoms with Gasteiger partial charge in [0.15, 0.2) is 5.65 Å². The van der Waals surface area contributed by atoms with Crippen molar-refractivity contribution in [1.29, 1.82) is 0 Å². The van der Waals surface area contributed by atoms with Crippen LogP contribution < -0.4 is 4.74 Å². The number of aliphatic hydroxyl groups is 1. The number of likely N-dealkylation sites (tertiary alicyclic amines) is 1. The molecule has 168 valence electrons. The van der Waals surface area contributed by atoms with E-state index in [0.29, 0.717) is 6.54 Å². The lowest BCUT2D eigenvalue weighted by molar-refractivity contribution is -0.0148. The van der Waals surface area contributed by atoms with Gasteiger partial charge in [0.1, 0.15) is 29.7 Å². The lowest BCUT2D eigenvalue weighted by Crippen LogP contribution is -2.47. The number of hydrogen-bond donors (Lipinski definition) is 1. The molecule has 2 aromatic carbocycles. The second-order valence-corrected chi connectivity index (χ2v) is 8.27. The minimum Gasteiger partial charge on any atom is -0.457 e. The van der Waals surface area contributed by atoms with Crippen LogP contribution >= 0.6 is 0 Å². The number of fused-ring (bicyclic) bond motifs is 1. The third kappa shape index (κ3) is 4.51. The molecule has 1 unspecified atom stereocenters. The Hall–Kier alpha value is -3.55. The number of aliphatic hydroxyl groups excluding tert-OH is 1. The van der Waals surface area contributed by atoms with E-state index in [4.69, 9.17) is 9.84 Å². The third-order valence-electron chi connectivity index (χ3n) is 6.13. The van der Waals surface area contributed by atoms with Crippen LogP contribution in [-0.2, 0) is 6.54 Å². The first kappa shape index (κ1) is 21.3. The van der Waals surface area contributed by atoms with E-state index in [1.54, 1.807) is 12.4 Å². The zero-order chi connectivity index (χ0) is 22.6. The van der Waals surface area contributed by atoms with E-state index < -0.39 is 6.23 Å². The zero-order valence-corrected chi connectivity index (χ0v) is 18.4. The molecule has 1 aliphatic rings. The van der Waals surface area contributed by atoms with Crippen molar-refractivity contribution < 1.29 is 9.84 Å². The number of aromatic nitrogens is 4. The fourth-order valence-corrected chi connectivity index (χ4v) is 4.47. The highest BCUT2D eigenvalue weighted by molar-refractivity contribution is 5.90. The Morgan fingerprint density at radius 1 is 1.09 bits per heavy atom. The fraction of sp³-hybridized carbons (Fsp3) is 0.269. The molecule has 0 aliphatic carbocycles. The Bertz CT molecular complexity index is 1220. The second kappa shape index (κ2) is 9.52. The van der Waals surface area contributed by atoms with Crippen LogP contribution in [-0.4, -0.2) is 48.6 Å². The molecule has 0 amide bonds. The number of benzene rings is 2. The maximum absolute atomic E-state index is 10.4. The van der Waals surface area contributed by atoms with Crippen molar-refractivity contribution in [2.24, 2.45) is 0 Å². The van der Waals surface area contributed by atoms with Crippen LogP contribution in [0.5, 0.6) is 11.5 Å². The van der Waals surface area contributed by atoms with E-state index in [9.17, 15) is 5.11 Å². The Morgan fingerprint density at radius 2 is 1.88 bits per heavy atom. The van der Waals surface area contributed by atoms with E-state index in [0.717, 1.165) is 59.6 Å². The lowest BCUT2D eigenvalue weighted by atomic mass is 10.0. The standard InChI is InChI=1S/C26H27N5O2/c1-2-24(32)30-15-7-6-8-20(30)17-31-26-23(16-27-18-28-26)25(29-31)19-11-13-22(14-12-19)33-21-9-4-3-5-10-21/h2-5,9-14,16,18,20,24,32H,1,6-8,15,17H2/t20-,24?/m0/s1. The van der Waals surface area contributed by atoms with Crippen LogP contribution in [0.25, 0.3) is 22.3 Å². The highest BCUT2D eigenvalue weighted by atomic mass is 16.5. The topological polar surface area (TPSA) is 76.3 Å². The van der Waals surface area contributed by atoms with Gasteiger partial charge in [-0.15, -0.1) is 0 Å². The van der Waals surface area contributed by atoms with E-state index in [-0.39, 0.29) is 6.04 Å². The highest BCUT2D eigenvalue weighted by Crippen LogP contribution is 2.30. The smallest absolute Gasteiger partial charge is 0.161 e. The van der Waals surface area contributed by atoms with Crippen LogP contribution in [0, 0.1) is 0 Å². The van der Waals surface area contributed by atoms with Crippen molar-refractivity contribution in [1.82, 2.24) is 24.6 Å². The quantitative estimate of drug-likeness (QED) is 0.421. The second-order valence-electron chi connectivity index (χ2n) is 8.27. The summed E-state index contributed by atoms with van der Waals surface area (Å²) < 4.78 is 7.86. The van der Waals surface area contributed by atoms with E-state index in [1.165, 1.54) is 0 Å². The first-order chi connectivity index (χ1) is 16.2. The third-order valence-corrected chi connectivity index (χ3v) is 6.13. The van der Waals surface area contributed by atoms with Gasteiger partial charge in [0.25, 0.3) is 0 Å². The van der Waals surface area contributed by atoms with Gasteiger partial charge in [0, 0.05) is 24.3 Å². The van der Waals surface area contributed by atoms with Crippen molar-refractivity contribution >= 4 is 11.0 Å². The average molecular weight is 442 g/mol. The molecule has 1 fully saturated rings. The van der Waals surface area contributed by atoms with Gasteiger partial charge in [-0.2, -0.15) is 5.10 Å². The first-order valence-electron chi connectivity index (χ1n) is 11.3. The Morgan fingerprint density at radius 3 is 2.67 bits per heavy atom. The molecule has 7 heteroatoms. The summed E-state index contributed by atoms with van der Waals surface area (Å²) in [7, 11) is 0. The van der Waals surface area contributed by atoms with E-state index in [1.807, 2.05) is 65.5 Å². The largest absolute Gasteiger partial charge is 0.457 e. The number of hydrogen-bond acceptors (Lipinski definition) is 6. The summed E-state index contributed by atoms with van der Waals surface area (Å²) in [5, 5.41) is 16.2. The van der Waals surface area contributed by atoms with Crippen molar-refractivity contribution in [3.63, 3.8) is 0 Å². The monoisotopic (exact) mass is 441 g/mol. The number of ether oxygens (including phenoxy) is 1. The summed E-state index contributed by atoms with van der Waals surface area (Å²) in [6.07, 6.45) is 7.51. The molecular weight excluding hydrogens is 414 g/mol. The number of nitrogens with zero attached hydrogens (tertiary/aromatic N) is 5. The number of piperidine rings is 1. The van der Waals surface area contributed by atoms with Gasteiger partial charge in [-0.25, -0.2) is 14.6 Å². The first-order valence-corrected chi connectivity index (χ1v) is 11.3. The molecule has 4 aromatic rings. The molecule has 2 atom stereocenters. The molecule has 33 heavy (non-hydrogen) atoms. The molecule has 0 saturated carbocycles. The molecule has 0 radical (unpaired) electrons. The molecule has 0 bridgehead atoms. The van der Waals surface area contributed by atoms with Crippen molar-refractivity contribution in [2.75, 3.05) is 6.54 Å². The molecular formula is C26H27N5O2. The van der Waals surface area contributed by atoms with Crippen molar-refractivity contribution in [3.05, 3.63) is 79.8 Å². The summed E-state index contributed by atoms with van der Waals surface area (Å²) in [5.41, 5.74) is 2.60. The summed E-state index contributed by atoms with van der Waals surface area (Å²) in [5.74, 6) is 1.56. The molecule has 1 aliphatic heterocycles. The summed E-state index contributed by atoms with van der Waals surface area (Å²) in [4.78, 5) is 10.9. The van der Waals surface area contributed by atoms with Crippen LogP contribution in [0.2, 0.25) is 0 Å². The van der Waals surface area contributed by atoms with E-state index in [2.05, 4.69) is 21.4 Å². The van der Waals surface area contributed by atoms with E-state index >= 15 is 0 Å². The lowest BCUT2D eigenvalue weighted by Gasteiger charge is -2.37. The van der Waals surface area contributed by atoms with Crippen LogP contribution in [0.3, 0.4) is 0 Å². The number of rotatable bonds is 7. The van der Waals surface area contributed by atoms with Gasteiger partial charge in [-0.1, -0.05) is 31.2 Å². The molecule has 7 nitrogen and oxygen atoms in total. The minimum atomic E-state index is -0.650. The van der Waals surface area contributed by atoms with Gasteiger partial charge in [-0.05, 0) is 55.3 Å². The van der Waals surface area contributed by atoms with Crippen LogP contribution in [0.4, 0.5) is 0 Å².